The van der Waals surface area contributed by atoms with Gasteiger partial charge in [-0.2, -0.15) is 0 Å². The molecular formula is C10H15ClN2S. The van der Waals surface area contributed by atoms with Crippen molar-refractivity contribution in [2.45, 2.75) is 4.90 Å². The maximum atomic E-state index is 5.91. The van der Waals surface area contributed by atoms with E-state index in [0.29, 0.717) is 10.7 Å². The Morgan fingerprint density at radius 2 is 2.14 bits per heavy atom. The average molecular weight is 231 g/mol. The number of nitrogen functional groups attached to an aromatic ring is 1. The van der Waals surface area contributed by atoms with E-state index in [-0.39, 0.29) is 0 Å². The van der Waals surface area contributed by atoms with Crippen LogP contribution in [0.4, 0.5) is 5.69 Å². The van der Waals surface area contributed by atoms with E-state index in [1.54, 1.807) is 11.8 Å². The fraction of sp³-hybridized carbons (Fsp3) is 0.400. The van der Waals surface area contributed by atoms with Crippen LogP contribution >= 0.6 is 23.4 Å². The number of hydrogen-bond donors (Lipinski definition) is 1. The molecular weight excluding hydrogens is 216 g/mol. The predicted octanol–water partition coefficient (Wildman–Crippen LogP) is 2.58. The van der Waals surface area contributed by atoms with Crippen molar-refractivity contribution in [1.29, 1.82) is 0 Å². The fourth-order valence-electron chi connectivity index (χ4n) is 0.981. The number of nitrogens with two attached hydrogens (primary N) is 1. The highest BCUT2D eigenvalue weighted by Gasteiger charge is 2.03. The Bertz CT molecular complexity index is 302. The van der Waals surface area contributed by atoms with Gasteiger partial charge in [0.2, 0.25) is 0 Å². The van der Waals surface area contributed by atoms with Crippen LogP contribution in [0.25, 0.3) is 0 Å². The lowest BCUT2D eigenvalue weighted by molar-refractivity contribution is 0.437. The first-order valence-corrected chi connectivity index (χ1v) is 5.79. The first kappa shape index (κ1) is 11.7. The van der Waals surface area contributed by atoms with Gasteiger partial charge < -0.3 is 10.6 Å². The highest BCUT2D eigenvalue weighted by Crippen LogP contribution is 2.30. The number of thioether (sulfide) groups is 1. The summed E-state index contributed by atoms with van der Waals surface area (Å²) in [6.45, 7) is 1.04. The number of benzene rings is 1. The minimum atomic E-state index is 0.639. The summed E-state index contributed by atoms with van der Waals surface area (Å²) < 4.78 is 0. The lowest BCUT2D eigenvalue weighted by Gasteiger charge is -2.10. The van der Waals surface area contributed by atoms with Crippen LogP contribution in [0.5, 0.6) is 0 Å². The first-order valence-electron chi connectivity index (χ1n) is 4.43. The molecule has 4 heteroatoms. The molecule has 2 nitrogen and oxygen atoms in total. The van der Waals surface area contributed by atoms with Crippen molar-refractivity contribution in [2.75, 3.05) is 32.1 Å². The number of nitrogens with zero attached hydrogens (tertiary/aromatic N) is 1. The molecule has 0 radical (unpaired) electrons. The number of anilines is 1. The van der Waals surface area contributed by atoms with Crippen molar-refractivity contribution < 1.29 is 0 Å². The standard InChI is InChI=1S/C10H15ClN2S/c1-13(2)6-7-14-9-5-3-4-8(11)10(9)12/h3-5H,6-7,12H2,1-2H3. The zero-order valence-electron chi connectivity index (χ0n) is 8.46. The smallest absolute Gasteiger partial charge is 0.0646 e. The molecule has 1 aromatic carbocycles. The molecule has 0 aliphatic rings. The maximum Gasteiger partial charge on any atom is 0.0646 e. The monoisotopic (exact) mass is 230 g/mol. The molecule has 2 N–H and O–H groups in total. The topological polar surface area (TPSA) is 29.3 Å². The van der Waals surface area contributed by atoms with Crippen molar-refractivity contribution in [3.63, 3.8) is 0 Å². The number of rotatable bonds is 4. The Kier molecular flexibility index (Phi) is 4.58. The van der Waals surface area contributed by atoms with Crippen molar-refractivity contribution >= 4 is 29.1 Å². The van der Waals surface area contributed by atoms with Crippen LogP contribution in [-0.4, -0.2) is 31.3 Å². The third-order valence-electron chi connectivity index (χ3n) is 1.81. The zero-order valence-corrected chi connectivity index (χ0v) is 10.0. The van der Waals surface area contributed by atoms with E-state index >= 15 is 0 Å². The second-order valence-electron chi connectivity index (χ2n) is 3.30. The number of halogens is 1. The molecule has 1 rings (SSSR count). The van der Waals surface area contributed by atoms with E-state index in [4.69, 9.17) is 17.3 Å². The summed E-state index contributed by atoms with van der Waals surface area (Å²) in [7, 11) is 4.11. The summed E-state index contributed by atoms with van der Waals surface area (Å²) in [5, 5.41) is 0.639. The van der Waals surface area contributed by atoms with E-state index < -0.39 is 0 Å². The van der Waals surface area contributed by atoms with Gasteiger partial charge in [-0.3, -0.25) is 0 Å². The third kappa shape index (κ3) is 3.40. The van der Waals surface area contributed by atoms with Gasteiger partial charge in [-0.15, -0.1) is 11.8 Å². The van der Waals surface area contributed by atoms with Gasteiger partial charge in [-0.1, -0.05) is 17.7 Å². The van der Waals surface area contributed by atoms with Crippen LogP contribution in [0.3, 0.4) is 0 Å². The second kappa shape index (κ2) is 5.49. The van der Waals surface area contributed by atoms with E-state index in [1.165, 1.54) is 0 Å². The molecule has 0 aromatic heterocycles. The van der Waals surface area contributed by atoms with E-state index in [1.807, 2.05) is 18.2 Å². The van der Waals surface area contributed by atoms with Gasteiger partial charge in [0, 0.05) is 17.2 Å². The summed E-state index contributed by atoms with van der Waals surface area (Å²) in [5.74, 6) is 1.03. The van der Waals surface area contributed by atoms with Gasteiger partial charge in [0.05, 0.1) is 10.7 Å². The highest BCUT2D eigenvalue weighted by molar-refractivity contribution is 7.99. The van der Waals surface area contributed by atoms with Crippen LogP contribution in [-0.2, 0) is 0 Å². The van der Waals surface area contributed by atoms with Crippen LogP contribution in [0.15, 0.2) is 23.1 Å². The minimum absolute atomic E-state index is 0.639. The molecule has 0 amide bonds. The quantitative estimate of drug-likeness (QED) is 0.637. The van der Waals surface area contributed by atoms with Crippen molar-refractivity contribution in [1.82, 2.24) is 4.90 Å². The SMILES string of the molecule is CN(C)CCSc1cccc(Cl)c1N. The molecule has 0 spiro atoms. The number of para-hydroxylation sites is 1. The molecule has 0 aliphatic heterocycles. The molecule has 0 saturated carbocycles. The zero-order chi connectivity index (χ0) is 10.6. The largest absolute Gasteiger partial charge is 0.397 e. The summed E-state index contributed by atoms with van der Waals surface area (Å²) in [6, 6.07) is 5.74. The van der Waals surface area contributed by atoms with Crippen LogP contribution in [0.1, 0.15) is 0 Å². The predicted molar refractivity (Wildman–Crippen MR) is 65.1 cm³/mol. The maximum absolute atomic E-state index is 5.91. The van der Waals surface area contributed by atoms with Gasteiger partial charge in [-0.05, 0) is 26.2 Å². The molecule has 0 fully saturated rings. The molecule has 1 aromatic rings. The highest BCUT2D eigenvalue weighted by atomic mass is 35.5. The van der Waals surface area contributed by atoms with Gasteiger partial charge in [0.25, 0.3) is 0 Å². The molecule has 0 bridgehead atoms. The molecule has 78 valence electrons. The van der Waals surface area contributed by atoms with Gasteiger partial charge >= 0.3 is 0 Å². The summed E-state index contributed by atoms with van der Waals surface area (Å²) in [6.07, 6.45) is 0. The van der Waals surface area contributed by atoms with Crippen molar-refractivity contribution in [2.24, 2.45) is 0 Å². The lowest BCUT2D eigenvalue weighted by Crippen LogP contribution is -2.14. The Morgan fingerprint density at radius 1 is 1.43 bits per heavy atom. The van der Waals surface area contributed by atoms with Crippen LogP contribution < -0.4 is 5.73 Å². The van der Waals surface area contributed by atoms with E-state index in [9.17, 15) is 0 Å². The minimum Gasteiger partial charge on any atom is -0.397 e. The molecule has 0 saturated heterocycles. The summed E-state index contributed by atoms with van der Waals surface area (Å²) >= 11 is 7.64. The molecule has 0 atom stereocenters. The molecule has 0 aliphatic carbocycles. The Hall–Kier alpha value is -0.380. The van der Waals surface area contributed by atoms with Crippen LogP contribution in [0.2, 0.25) is 5.02 Å². The average Bonchev–Trinajstić information content (AvgIpc) is 2.12. The Morgan fingerprint density at radius 3 is 2.79 bits per heavy atom. The van der Waals surface area contributed by atoms with Crippen molar-refractivity contribution in [3.05, 3.63) is 23.2 Å². The Labute approximate surface area is 94.4 Å². The van der Waals surface area contributed by atoms with Crippen molar-refractivity contribution in [3.8, 4) is 0 Å². The number of hydrogen-bond acceptors (Lipinski definition) is 3. The summed E-state index contributed by atoms with van der Waals surface area (Å²) in [5.41, 5.74) is 6.53. The van der Waals surface area contributed by atoms with Crippen LogP contribution in [0, 0.1) is 0 Å². The second-order valence-corrected chi connectivity index (χ2v) is 4.85. The molecule has 0 heterocycles. The van der Waals surface area contributed by atoms with E-state index in [0.717, 1.165) is 17.2 Å². The van der Waals surface area contributed by atoms with Gasteiger partial charge in [0.1, 0.15) is 0 Å². The summed E-state index contributed by atoms with van der Waals surface area (Å²) in [4.78, 5) is 3.22. The van der Waals surface area contributed by atoms with Gasteiger partial charge in [0.15, 0.2) is 0 Å². The molecule has 0 unspecified atom stereocenters. The van der Waals surface area contributed by atoms with Gasteiger partial charge in [-0.25, -0.2) is 0 Å². The third-order valence-corrected chi connectivity index (χ3v) is 3.19. The normalized spacial score (nSPS) is 10.9. The molecule has 14 heavy (non-hydrogen) atoms. The lowest BCUT2D eigenvalue weighted by atomic mass is 10.3. The first-order chi connectivity index (χ1) is 6.61. The van der Waals surface area contributed by atoms with E-state index in [2.05, 4.69) is 19.0 Å². The Balaban J connectivity index is 2.54. The fourth-order valence-corrected chi connectivity index (χ4v) is 2.33.